The van der Waals surface area contributed by atoms with E-state index in [-0.39, 0.29) is 17.9 Å². The number of anilines is 1. The first-order valence-electron chi connectivity index (χ1n) is 8.18. The van der Waals surface area contributed by atoms with E-state index in [9.17, 15) is 9.18 Å². The third kappa shape index (κ3) is 2.67. The highest BCUT2D eigenvalue weighted by molar-refractivity contribution is 5.98. The number of nitrogens with zero attached hydrogens (tertiary/aromatic N) is 3. The highest BCUT2D eigenvalue weighted by Gasteiger charge is 2.30. The zero-order valence-corrected chi connectivity index (χ0v) is 14.0. The van der Waals surface area contributed by atoms with Crippen LogP contribution in [0.2, 0.25) is 0 Å². The van der Waals surface area contributed by atoms with E-state index in [1.165, 1.54) is 6.20 Å². The number of nitrogen functional groups attached to an aromatic ring is 1. The predicted octanol–water partition coefficient (Wildman–Crippen LogP) is 2.60. The molecule has 3 aromatic rings. The first kappa shape index (κ1) is 16.1. The van der Waals surface area contributed by atoms with Crippen molar-refractivity contribution in [3.63, 3.8) is 0 Å². The SMILES string of the molecule is Cc1nc(N)nc2c1C(=O)NC(c1ccccc1-c1cccnc1F)C2. The van der Waals surface area contributed by atoms with Crippen LogP contribution in [0, 0.1) is 12.9 Å². The van der Waals surface area contributed by atoms with Crippen molar-refractivity contribution in [2.45, 2.75) is 19.4 Å². The number of fused-ring (bicyclic) bond motifs is 1. The van der Waals surface area contributed by atoms with Crippen LogP contribution in [0.15, 0.2) is 42.6 Å². The molecule has 0 spiro atoms. The molecule has 1 amide bonds. The van der Waals surface area contributed by atoms with Crippen LogP contribution in [-0.2, 0) is 6.42 Å². The van der Waals surface area contributed by atoms with E-state index in [1.807, 2.05) is 24.3 Å². The summed E-state index contributed by atoms with van der Waals surface area (Å²) in [5.41, 5.74) is 9.23. The number of hydrogen-bond donors (Lipinski definition) is 2. The molecule has 1 aliphatic rings. The van der Waals surface area contributed by atoms with Gasteiger partial charge in [0, 0.05) is 18.2 Å². The molecule has 4 rings (SSSR count). The van der Waals surface area contributed by atoms with Gasteiger partial charge in [-0.2, -0.15) is 4.39 Å². The Kier molecular flexibility index (Phi) is 3.84. The summed E-state index contributed by atoms with van der Waals surface area (Å²) < 4.78 is 14.2. The van der Waals surface area contributed by atoms with Gasteiger partial charge in [-0.05, 0) is 30.2 Å². The number of benzene rings is 1. The fraction of sp³-hybridized carbons (Fsp3) is 0.158. The van der Waals surface area contributed by atoms with Crippen molar-refractivity contribution in [1.82, 2.24) is 20.3 Å². The number of amides is 1. The zero-order valence-electron chi connectivity index (χ0n) is 14.0. The van der Waals surface area contributed by atoms with Crippen molar-refractivity contribution in [3.05, 3.63) is 71.1 Å². The predicted molar refractivity (Wildman–Crippen MR) is 94.7 cm³/mol. The minimum Gasteiger partial charge on any atom is -0.368 e. The minimum atomic E-state index is -0.551. The minimum absolute atomic E-state index is 0.140. The van der Waals surface area contributed by atoms with Gasteiger partial charge < -0.3 is 11.1 Å². The van der Waals surface area contributed by atoms with Gasteiger partial charge in [0.2, 0.25) is 11.9 Å². The molecule has 26 heavy (non-hydrogen) atoms. The number of nitrogens with one attached hydrogen (secondary N) is 1. The van der Waals surface area contributed by atoms with E-state index >= 15 is 0 Å². The van der Waals surface area contributed by atoms with Gasteiger partial charge in [-0.1, -0.05) is 24.3 Å². The summed E-state index contributed by atoms with van der Waals surface area (Å²) in [5.74, 6) is -0.665. The molecule has 1 atom stereocenters. The second-order valence-electron chi connectivity index (χ2n) is 6.15. The Balaban J connectivity index is 1.81. The van der Waals surface area contributed by atoms with E-state index in [1.54, 1.807) is 19.1 Å². The van der Waals surface area contributed by atoms with Crippen LogP contribution in [0.5, 0.6) is 0 Å². The fourth-order valence-corrected chi connectivity index (χ4v) is 3.39. The van der Waals surface area contributed by atoms with Gasteiger partial charge in [0.05, 0.1) is 23.0 Å². The third-order valence-electron chi connectivity index (χ3n) is 4.50. The molecule has 1 unspecified atom stereocenters. The van der Waals surface area contributed by atoms with Crippen molar-refractivity contribution >= 4 is 11.9 Å². The number of hydrogen-bond acceptors (Lipinski definition) is 5. The molecular weight excluding hydrogens is 333 g/mol. The number of halogens is 1. The monoisotopic (exact) mass is 349 g/mol. The van der Waals surface area contributed by atoms with E-state index < -0.39 is 5.95 Å². The van der Waals surface area contributed by atoms with Crippen LogP contribution in [0.4, 0.5) is 10.3 Å². The standard InChI is InChI=1S/C19H16FN5O/c1-10-16-15(25-19(21)23-10)9-14(24-18(16)26)12-6-3-2-5-11(12)13-7-4-8-22-17(13)20/h2-8,14H,9H2,1H3,(H,24,26)(H2,21,23,25). The van der Waals surface area contributed by atoms with Crippen molar-refractivity contribution < 1.29 is 9.18 Å². The van der Waals surface area contributed by atoms with Gasteiger partial charge in [0.1, 0.15) is 0 Å². The van der Waals surface area contributed by atoms with Crippen LogP contribution in [0.25, 0.3) is 11.1 Å². The molecular formula is C19H16FN5O. The highest BCUT2D eigenvalue weighted by atomic mass is 19.1. The molecule has 6 nitrogen and oxygen atoms in total. The van der Waals surface area contributed by atoms with Crippen molar-refractivity contribution in [3.8, 4) is 11.1 Å². The molecule has 0 saturated carbocycles. The smallest absolute Gasteiger partial charge is 0.255 e. The molecule has 7 heteroatoms. The number of nitrogens with two attached hydrogens (primary N) is 1. The van der Waals surface area contributed by atoms with E-state index in [0.29, 0.717) is 34.5 Å². The summed E-state index contributed by atoms with van der Waals surface area (Å²) in [7, 11) is 0. The number of aromatic nitrogens is 3. The summed E-state index contributed by atoms with van der Waals surface area (Å²) in [6.45, 7) is 1.73. The Morgan fingerprint density at radius 2 is 1.92 bits per heavy atom. The Labute approximate surface area is 149 Å². The maximum absolute atomic E-state index is 14.2. The molecule has 0 bridgehead atoms. The summed E-state index contributed by atoms with van der Waals surface area (Å²) in [6.07, 6.45) is 1.86. The lowest BCUT2D eigenvalue weighted by atomic mass is 9.89. The van der Waals surface area contributed by atoms with Gasteiger partial charge in [-0.3, -0.25) is 4.79 Å². The quantitative estimate of drug-likeness (QED) is 0.694. The lowest BCUT2D eigenvalue weighted by molar-refractivity contribution is 0.0922. The Morgan fingerprint density at radius 3 is 2.73 bits per heavy atom. The summed E-state index contributed by atoms with van der Waals surface area (Å²) in [6, 6.07) is 10.4. The molecule has 3 heterocycles. The van der Waals surface area contributed by atoms with E-state index in [4.69, 9.17) is 5.73 Å². The van der Waals surface area contributed by atoms with E-state index in [0.717, 1.165) is 5.56 Å². The molecule has 2 aromatic heterocycles. The van der Waals surface area contributed by atoms with Crippen LogP contribution >= 0.6 is 0 Å². The van der Waals surface area contributed by atoms with Crippen LogP contribution in [0.1, 0.15) is 33.4 Å². The first-order chi connectivity index (χ1) is 12.5. The van der Waals surface area contributed by atoms with Crippen molar-refractivity contribution in [1.29, 1.82) is 0 Å². The number of pyridine rings is 1. The van der Waals surface area contributed by atoms with Gasteiger partial charge in [0.15, 0.2) is 0 Å². The second-order valence-corrected chi connectivity index (χ2v) is 6.15. The summed E-state index contributed by atoms with van der Waals surface area (Å²) >= 11 is 0. The molecule has 1 aromatic carbocycles. The number of carbonyl (C=O) groups excluding carboxylic acids is 1. The second kappa shape index (κ2) is 6.18. The van der Waals surface area contributed by atoms with Crippen LogP contribution in [0.3, 0.4) is 0 Å². The Bertz CT molecular complexity index is 1020. The highest BCUT2D eigenvalue weighted by Crippen LogP contribution is 2.33. The maximum atomic E-state index is 14.2. The topological polar surface area (TPSA) is 93.8 Å². The third-order valence-corrected chi connectivity index (χ3v) is 4.50. The Morgan fingerprint density at radius 1 is 1.15 bits per heavy atom. The van der Waals surface area contributed by atoms with Gasteiger partial charge in [-0.25, -0.2) is 15.0 Å². The van der Waals surface area contributed by atoms with Gasteiger partial charge in [-0.15, -0.1) is 0 Å². The lowest BCUT2D eigenvalue weighted by Gasteiger charge is -2.27. The maximum Gasteiger partial charge on any atom is 0.255 e. The van der Waals surface area contributed by atoms with Crippen molar-refractivity contribution in [2.24, 2.45) is 0 Å². The first-order valence-corrected chi connectivity index (χ1v) is 8.18. The molecule has 3 N–H and O–H groups in total. The normalized spacial score (nSPS) is 16.1. The summed E-state index contributed by atoms with van der Waals surface area (Å²) in [4.78, 5) is 24.6. The van der Waals surface area contributed by atoms with Crippen molar-refractivity contribution in [2.75, 3.05) is 5.73 Å². The molecule has 0 fully saturated rings. The van der Waals surface area contributed by atoms with Gasteiger partial charge >= 0.3 is 0 Å². The molecule has 0 aliphatic carbocycles. The number of aryl methyl sites for hydroxylation is 1. The number of carbonyl (C=O) groups is 1. The molecule has 0 radical (unpaired) electrons. The zero-order chi connectivity index (χ0) is 18.3. The largest absolute Gasteiger partial charge is 0.368 e. The number of rotatable bonds is 2. The molecule has 1 aliphatic heterocycles. The van der Waals surface area contributed by atoms with E-state index in [2.05, 4.69) is 20.3 Å². The van der Waals surface area contributed by atoms with Crippen LogP contribution < -0.4 is 11.1 Å². The average Bonchev–Trinajstić information content (AvgIpc) is 2.61. The fourth-order valence-electron chi connectivity index (χ4n) is 3.39. The average molecular weight is 349 g/mol. The van der Waals surface area contributed by atoms with Gasteiger partial charge in [0.25, 0.3) is 5.91 Å². The molecule has 130 valence electrons. The Hall–Kier alpha value is -3.35. The molecule has 0 saturated heterocycles. The lowest BCUT2D eigenvalue weighted by Crippen LogP contribution is -2.37. The summed E-state index contributed by atoms with van der Waals surface area (Å²) in [5, 5.41) is 2.98. The van der Waals surface area contributed by atoms with Crippen LogP contribution in [-0.4, -0.2) is 20.9 Å².